The summed E-state index contributed by atoms with van der Waals surface area (Å²) in [6.07, 6.45) is 4.41. The predicted molar refractivity (Wildman–Crippen MR) is 192 cm³/mol. The third-order valence-electron chi connectivity index (χ3n) is 9.79. The fraction of sp³-hybridized carbons (Fsp3) is 0.250. The molecule has 5 heterocycles. The van der Waals surface area contributed by atoms with E-state index in [4.69, 9.17) is 9.97 Å². The third kappa shape index (κ3) is 5.79. The zero-order valence-corrected chi connectivity index (χ0v) is 27.8. The number of nitrogens with zero attached hydrogens (tertiary/aromatic N) is 2. The molecule has 8 heteroatoms. The molecule has 2 unspecified atom stereocenters. The molecule has 4 aromatic rings. The average Bonchev–Trinajstić information content (AvgIpc) is 3.72. The highest BCUT2D eigenvalue weighted by Crippen LogP contribution is 2.45. The van der Waals surface area contributed by atoms with Crippen molar-refractivity contribution >= 4 is 45.2 Å². The maximum atomic E-state index is 11.7. The number of carbonyl (C=O) groups is 2. The van der Waals surface area contributed by atoms with E-state index in [1.54, 1.807) is 0 Å². The Labute approximate surface area is 279 Å². The van der Waals surface area contributed by atoms with Crippen LogP contribution in [0.15, 0.2) is 73.8 Å². The molecule has 6 rings (SSSR count). The van der Waals surface area contributed by atoms with Gasteiger partial charge in [-0.2, -0.15) is 0 Å². The molecular formula is C40H40N4O4. The Hall–Kier alpha value is -5.50. The minimum Gasteiger partial charge on any atom is -0.481 e. The second-order valence-electron chi connectivity index (χ2n) is 12.6. The van der Waals surface area contributed by atoms with Gasteiger partial charge in [-0.3, -0.25) is 14.6 Å². The van der Waals surface area contributed by atoms with Crippen molar-refractivity contribution in [1.82, 2.24) is 19.9 Å². The van der Waals surface area contributed by atoms with Crippen molar-refractivity contribution in [2.24, 2.45) is 0 Å². The standard InChI is InChI=1S/C40H40N4O4/c1-7-26-24(6)39-38(25-12-10-9-11-13-25)40-27(8-2)21(3)32(43-40)18-30-22(4)28(14-16-36(45)46)34(41-30)20-35-29(15-17-37(47)48)23(5)31(42-35)19-33(26)44-39/h7-13,18-20,24,26,41-42H,1-2,14-17H2,3-6H3,(H,45,46)(H,47,48). The summed E-state index contributed by atoms with van der Waals surface area (Å²) < 4.78 is 0. The van der Waals surface area contributed by atoms with E-state index in [1.807, 2.05) is 63.3 Å². The summed E-state index contributed by atoms with van der Waals surface area (Å²) in [6, 6.07) is 16.2. The largest absolute Gasteiger partial charge is 0.481 e. The number of nitrogens with one attached hydrogen (secondary N) is 2. The highest BCUT2D eigenvalue weighted by molar-refractivity contribution is 6.00. The van der Waals surface area contributed by atoms with Gasteiger partial charge in [-0.25, -0.2) is 4.98 Å². The van der Waals surface area contributed by atoms with Crippen LogP contribution >= 0.6 is 0 Å². The van der Waals surface area contributed by atoms with E-state index in [0.29, 0.717) is 12.8 Å². The zero-order chi connectivity index (χ0) is 34.3. The van der Waals surface area contributed by atoms with E-state index >= 15 is 0 Å². The number of fused-ring (bicyclic) bond motifs is 8. The normalized spacial score (nSPS) is 15.8. The number of hydrogen-bond donors (Lipinski definition) is 4. The maximum absolute atomic E-state index is 11.7. The minimum atomic E-state index is -0.877. The maximum Gasteiger partial charge on any atom is 0.303 e. The first kappa shape index (κ1) is 32.4. The molecule has 0 amide bonds. The molecule has 0 saturated heterocycles. The number of benzene rings is 1. The van der Waals surface area contributed by atoms with Gasteiger partial charge >= 0.3 is 11.9 Å². The highest BCUT2D eigenvalue weighted by Gasteiger charge is 2.32. The molecule has 0 radical (unpaired) electrons. The summed E-state index contributed by atoms with van der Waals surface area (Å²) in [5, 5.41) is 19.2. The van der Waals surface area contributed by atoms with Crippen LogP contribution in [0.25, 0.3) is 44.3 Å². The van der Waals surface area contributed by atoms with Crippen molar-refractivity contribution in [3.05, 3.63) is 119 Å². The molecule has 244 valence electrons. The molecule has 4 N–H and O–H groups in total. The van der Waals surface area contributed by atoms with Crippen LogP contribution in [0.1, 0.15) is 83.6 Å². The third-order valence-corrected chi connectivity index (χ3v) is 9.79. The van der Waals surface area contributed by atoms with Crippen LogP contribution in [0.2, 0.25) is 0 Å². The summed E-state index contributed by atoms with van der Waals surface area (Å²) >= 11 is 0. The number of H-pyrrole nitrogens is 2. The molecule has 8 nitrogen and oxygen atoms in total. The van der Waals surface area contributed by atoms with Crippen LogP contribution in [0.4, 0.5) is 0 Å². The van der Waals surface area contributed by atoms with Crippen molar-refractivity contribution in [3.63, 3.8) is 0 Å². The van der Waals surface area contributed by atoms with E-state index in [2.05, 4.69) is 48.2 Å². The first-order valence-electron chi connectivity index (χ1n) is 16.2. The van der Waals surface area contributed by atoms with E-state index in [0.717, 1.165) is 89.4 Å². The molecule has 0 fully saturated rings. The minimum absolute atomic E-state index is 0.000830. The Kier molecular flexibility index (Phi) is 8.75. The van der Waals surface area contributed by atoms with E-state index < -0.39 is 11.9 Å². The van der Waals surface area contributed by atoms with Crippen molar-refractivity contribution < 1.29 is 19.8 Å². The van der Waals surface area contributed by atoms with Gasteiger partial charge in [0.05, 0.1) is 22.8 Å². The van der Waals surface area contributed by atoms with Crippen LogP contribution in [-0.2, 0) is 22.4 Å². The first-order chi connectivity index (χ1) is 23.0. The lowest BCUT2D eigenvalue weighted by molar-refractivity contribution is -0.138. The lowest BCUT2D eigenvalue weighted by atomic mass is 9.86. The molecule has 1 aromatic carbocycles. The Balaban J connectivity index is 1.83. The lowest BCUT2D eigenvalue weighted by Crippen LogP contribution is -2.01. The first-order valence-corrected chi connectivity index (χ1v) is 16.2. The fourth-order valence-corrected chi connectivity index (χ4v) is 7.08. The highest BCUT2D eigenvalue weighted by atomic mass is 16.4. The van der Waals surface area contributed by atoms with E-state index in [1.165, 1.54) is 0 Å². The molecule has 3 aromatic heterocycles. The number of allylic oxidation sites excluding steroid dienone is 4. The second kappa shape index (κ2) is 13.0. The topological polar surface area (TPSA) is 132 Å². The van der Waals surface area contributed by atoms with Crippen molar-refractivity contribution in [2.45, 2.75) is 65.2 Å². The van der Waals surface area contributed by atoms with E-state index in [-0.39, 0.29) is 24.7 Å². The quantitative estimate of drug-likeness (QED) is 0.135. The van der Waals surface area contributed by atoms with E-state index in [9.17, 15) is 19.8 Å². The van der Waals surface area contributed by atoms with Gasteiger partial charge in [-0.05, 0) is 85.2 Å². The molecule has 0 saturated carbocycles. The SMILES string of the molecule is C=CC1=C(C)c2cc3[nH]c(cc4[nH]c(cc5nc(c(-c6ccccc6)c1n2)C(C)C5C=C)c(C)c4CCC(=O)O)c(CCC(=O)O)c3C. The van der Waals surface area contributed by atoms with Gasteiger partial charge in [0, 0.05) is 57.9 Å². The lowest BCUT2D eigenvalue weighted by Gasteiger charge is -2.15. The van der Waals surface area contributed by atoms with Gasteiger partial charge < -0.3 is 20.2 Å². The number of aryl methyl sites for hydroxylation is 4. The molecule has 8 bridgehead atoms. The van der Waals surface area contributed by atoms with Gasteiger partial charge in [0.2, 0.25) is 0 Å². The molecule has 2 aliphatic rings. The number of aromatic nitrogens is 4. The smallest absolute Gasteiger partial charge is 0.303 e. The van der Waals surface area contributed by atoms with Crippen LogP contribution in [0, 0.1) is 13.8 Å². The molecular weight excluding hydrogens is 600 g/mol. The monoisotopic (exact) mass is 640 g/mol. The number of aromatic amines is 2. The van der Waals surface area contributed by atoms with Crippen molar-refractivity contribution in [1.29, 1.82) is 0 Å². The molecule has 0 aliphatic carbocycles. The van der Waals surface area contributed by atoms with Gasteiger partial charge in [0.15, 0.2) is 0 Å². The Morgan fingerprint density at radius 2 is 1.42 bits per heavy atom. The van der Waals surface area contributed by atoms with Crippen molar-refractivity contribution in [2.75, 3.05) is 0 Å². The fourth-order valence-electron chi connectivity index (χ4n) is 7.08. The van der Waals surface area contributed by atoms with Gasteiger partial charge in [0.25, 0.3) is 0 Å². The summed E-state index contributed by atoms with van der Waals surface area (Å²) in [5.41, 5.74) is 14.1. The Morgan fingerprint density at radius 1 is 0.833 bits per heavy atom. The van der Waals surface area contributed by atoms with Gasteiger partial charge in [-0.15, -0.1) is 6.58 Å². The second-order valence-corrected chi connectivity index (χ2v) is 12.6. The number of aliphatic carboxylic acids is 2. The van der Waals surface area contributed by atoms with Crippen molar-refractivity contribution in [3.8, 4) is 11.1 Å². The Bertz CT molecular complexity index is 2190. The summed E-state index contributed by atoms with van der Waals surface area (Å²) in [6.45, 7) is 16.6. The summed E-state index contributed by atoms with van der Waals surface area (Å²) in [7, 11) is 0. The summed E-state index contributed by atoms with van der Waals surface area (Å²) in [5.74, 6) is -1.83. The number of carboxylic acid groups (broad SMARTS) is 2. The average molecular weight is 641 g/mol. The number of rotatable bonds is 9. The number of hydrogen-bond acceptors (Lipinski definition) is 4. The van der Waals surface area contributed by atoms with Gasteiger partial charge in [-0.1, -0.05) is 56.0 Å². The van der Waals surface area contributed by atoms with Crippen LogP contribution < -0.4 is 0 Å². The van der Waals surface area contributed by atoms with Gasteiger partial charge in [0.1, 0.15) is 0 Å². The zero-order valence-electron chi connectivity index (χ0n) is 27.8. The van der Waals surface area contributed by atoms with Crippen LogP contribution in [-0.4, -0.2) is 42.1 Å². The molecule has 48 heavy (non-hydrogen) atoms. The molecule has 0 spiro atoms. The number of carboxylic acids is 2. The Morgan fingerprint density at radius 3 is 1.96 bits per heavy atom. The predicted octanol–water partition coefficient (Wildman–Crippen LogP) is 8.82. The van der Waals surface area contributed by atoms with Crippen LogP contribution in [0.3, 0.4) is 0 Å². The summed E-state index contributed by atoms with van der Waals surface area (Å²) in [4.78, 5) is 41.1. The molecule has 2 atom stereocenters. The molecule has 2 aliphatic heterocycles. The van der Waals surface area contributed by atoms with Crippen LogP contribution in [0.5, 0.6) is 0 Å².